The van der Waals surface area contributed by atoms with Gasteiger partial charge < -0.3 is 9.40 Å². The number of rotatable bonds is 3. The molecule has 0 saturated heterocycles. The minimum atomic E-state index is 0.318. The lowest BCUT2D eigenvalue weighted by molar-refractivity contribution is 0.560. The molecule has 0 spiro atoms. The summed E-state index contributed by atoms with van der Waals surface area (Å²) in [4.78, 5) is 7.60. The van der Waals surface area contributed by atoms with Gasteiger partial charge in [0.05, 0.1) is 12.5 Å². The SMILES string of the molecule is Cc1ccc2[nH]c3nc(NN=Cc4ccco4)nnc3c2c1. The molecule has 3 heterocycles. The molecule has 0 unspecified atom stereocenters. The van der Waals surface area contributed by atoms with Gasteiger partial charge in [0, 0.05) is 10.9 Å². The molecule has 7 heteroatoms. The summed E-state index contributed by atoms with van der Waals surface area (Å²) in [6, 6.07) is 9.70. The first kappa shape index (κ1) is 12.5. The van der Waals surface area contributed by atoms with Crippen LogP contribution >= 0.6 is 0 Å². The molecule has 108 valence electrons. The van der Waals surface area contributed by atoms with Gasteiger partial charge in [-0.25, -0.2) is 5.43 Å². The summed E-state index contributed by atoms with van der Waals surface area (Å²) >= 11 is 0. The van der Waals surface area contributed by atoms with E-state index in [-0.39, 0.29) is 0 Å². The van der Waals surface area contributed by atoms with E-state index in [1.165, 1.54) is 5.56 Å². The highest BCUT2D eigenvalue weighted by atomic mass is 16.3. The third-order valence-electron chi connectivity index (χ3n) is 3.27. The third kappa shape index (κ3) is 2.18. The molecule has 0 fully saturated rings. The van der Waals surface area contributed by atoms with Crippen molar-refractivity contribution < 1.29 is 4.42 Å². The molecule has 4 rings (SSSR count). The zero-order valence-electron chi connectivity index (χ0n) is 11.7. The van der Waals surface area contributed by atoms with Crippen molar-refractivity contribution in [3.05, 3.63) is 47.9 Å². The summed E-state index contributed by atoms with van der Waals surface area (Å²) in [6.45, 7) is 2.04. The molecule has 0 amide bonds. The summed E-state index contributed by atoms with van der Waals surface area (Å²) in [5, 5.41) is 13.3. The topological polar surface area (TPSA) is 92.0 Å². The van der Waals surface area contributed by atoms with Gasteiger partial charge >= 0.3 is 0 Å². The fourth-order valence-electron chi connectivity index (χ4n) is 2.25. The molecule has 1 aromatic carbocycles. The van der Waals surface area contributed by atoms with Crippen molar-refractivity contribution in [2.45, 2.75) is 6.92 Å². The van der Waals surface area contributed by atoms with E-state index in [1.807, 2.05) is 19.1 Å². The molecule has 0 aliphatic carbocycles. The van der Waals surface area contributed by atoms with Gasteiger partial charge in [-0.1, -0.05) is 11.6 Å². The van der Waals surface area contributed by atoms with E-state index in [9.17, 15) is 0 Å². The number of hydrogen-bond acceptors (Lipinski definition) is 6. The van der Waals surface area contributed by atoms with Crippen LogP contribution in [0.5, 0.6) is 0 Å². The zero-order valence-corrected chi connectivity index (χ0v) is 11.7. The molecule has 0 aliphatic rings. The third-order valence-corrected chi connectivity index (χ3v) is 3.27. The van der Waals surface area contributed by atoms with Crippen LogP contribution < -0.4 is 5.43 Å². The molecule has 0 bridgehead atoms. The molecule has 0 aliphatic heterocycles. The Bertz CT molecular complexity index is 970. The number of fused-ring (bicyclic) bond motifs is 3. The molecular weight excluding hydrogens is 280 g/mol. The smallest absolute Gasteiger partial charge is 0.265 e. The van der Waals surface area contributed by atoms with Crippen LogP contribution in [0.15, 0.2) is 46.1 Å². The Hall–Kier alpha value is -3.22. The number of aromatic nitrogens is 4. The number of hydrazone groups is 1. The molecule has 4 aromatic rings. The predicted octanol–water partition coefficient (Wildman–Crippen LogP) is 2.85. The van der Waals surface area contributed by atoms with Gasteiger partial charge in [0.25, 0.3) is 5.95 Å². The fraction of sp³-hybridized carbons (Fsp3) is 0.0667. The van der Waals surface area contributed by atoms with Crippen molar-refractivity contribution in [2.75, 3.05) is 5.43 Å². The fourth-order valence-corrected chi connectivity index (χ4v) is 2.25. The van der Waals surface area contributed by atoms with Crippen LogP contribution in [0, 0.1) is 6.92 Å². The Kier molecular flexibility index (Phi) is 2.82. The second-order valence-corrected chi connectivity index (χ2v) is 4.89. The molecule has 7 nitrogen and oxygen atoms in total. The standard InChI is InChI=1S/C15H12N6O/c1-9-4-5-12-11(7-9)13-14(17-12)18-15(21-19-13)20-16-8-10-3-2-6-22-10/h2-8H,1H3,(H2,17,18,20,21). The van der Waals surface area contributed by atoms with E-state index in [4.69, 9.17) is 4.42 Å². The first-order valence-electron chi connectivity index (χ1n) is 6.75. The molecule has 0 radical (unpaired) electrons. The van der Waals surface area contributed by atoms with Gasteiger partial charge in [0.2, 0.25) is 0 Å². The summed E-state index contributed by atoms with van der Waals surface area (Å²) in [6.07, 6.45) is 3.13. The van der Waals surface area contributed by atoms with Crippen LogP contribution in [0.1, 0.15) is 11.3 Å². The highest BCUT2D eigenvalue weighted by molar-refractivity contribution is 6.03. The maximum atomic E-state index is 5.14. The maximum absolute atomic E-state index is 5.14. The number of nitrogens with zero attached hydrogens (tertiary/aromatic N) is 4. The lowest BCUT2D eigenvalue weighted by Gasteiger charge is -1.96. The normalized spacial score (nSPS) is 11.7. The summed E-state index contributed by atoms with van der Waals surface area (Å²) < 4.78 is 5.14. The van der Waals surface area contributed by atoms with Gasteiger partial charge in [-0.15, -0.1) is 10.2 Å². The van der Waals surface area contributed by atoms with Gasteiger partial charge in [0.15, 0.2) is 5.65 Å². The highest BCUT2D eigenvalue weighted by Gasteiger charge is 2.08. The largest absolute Gasteiger partial charge is 0.463 e. The van der Waals surface area contributed by atoms with Crippen LogP contribution in [0.4, 0.5) is 5.95 Å². The minimum Gasteiger partial charge on any atom is -0.463 e. The van der Waals surface area contributed by atoms with Crippen molar-refractivity contribution >= 4 is 34.2 Å². The average Bonchev–Trinajstić information content (AvgIpc) is 3.14. The molecular formula is C15H12N6O. The lowest BCUT2D eigenvalue weighted by atomic mass is 10.2. The van der Waals surface area contributed by atoms with Crippen LogP contribution in [0.3, 0.4) is 0 Å². The zero-order chi connectivity index (χ0) is 14.9. The predicted molar refractivity (Wildman–Crippen MR) is 83.9 cm³/mol. The van der Waals surface area contributed by atoms with E-state index >= 15 is 0 Å². The van der Waals surface area contributed by atoms with Crippen LogP contribution in [0.2, 0.25) is 0 Å². The number of hydrogen-bond donors (Lipinski definition) is 2. The molecule has 0 atom stereocenters. The molecule has 22 heavy (non-hydrogen) atoms. The van der Waals surface area contributed by atoms with Crippen LogP contribution in [-0.2, 0) is 0 Å². The summed E-state index contributed by atoms with van der Waals surface area (Å²) in [5.74, 6) is 0.959. The van der Waals surface area contributed by atoms with E-state index in [0.29, 0.717) is 17.4 Å². The van der Waals surface area contributed by atoms with E-state index in [0.717, 1.165) is 16.4 Å². The molecule has 2 N–H and O–H groups in total. The van der Waals surface area contributed by atoms with Crippen molar-refractivity contribution in [2.24, 2.45) is 5.10 Å². The Morgan fingerprint density at radius 1 is 1.27 bits per heavy atom. The number of furan rings is 1. The summed E-state index contributed by atoms with van der Waals surface area (Å²) in [5.41, 5.74) is 6.31. The number of benzene rings is 1. The first-order valence-corrected chi connectivity index (χ1v) is 6.75. The number of aryl methyl sites for hydroxylation is 1. The van der Waals surface area contributed by atoms with E-state index in [1.54, 1.807) is 24.6 Å². The van der Waals surface area contributed by atoms with Crippen LogP contribution in [0.25, 0.3) is 22.1 Å². The quantitative estimate of drug-likeness (QED) is 0.447. The maximum Gasteiger partial charge on any atom is 0.265 e. The molecule has 3 aromatic heterocycles. The Morgan fingerprint density at radius 3 is 3.09 bits per heavy atom. The number of aromatic amines is 1. The van der Waals surface area contributed by atoms with Gasteiger partial charge in [-0.05, 0) is 31.2 Å². The van der Waals surface area contributed by atoms with E-state index < -0.39 is 0 Å². The van der Waals surface area contributed by atoms with Gasteiger partial charge in [-0.2, -0.15) is 10.1 Å². The second kappa shape index (κ2) is 4.96. The van der Waals surface area contributed by atoms with Crippen molar-refractivity contribution in [1.82, 2.24) is 20.2 Å². The average molecular weight is 292 g/mol. The summed E-state index contributed by atoms with van der Waals surface area (Å²) in [7, 11) is 0. The first-order chi connectivity index (χ1) is 10.8. The van der Waals surface area contributed by atoms with E-state index in [2.05, 4.69) is 36.8 Å². The van der Waals surface area contributed by atoms with Gasteiger partial charge in [-0.3, -0.25) is 0 Å². The Balaban J connectivity index is 1.67. The Morgan fingerprint density at radius 2 is 2.23 bits per heavy atom. The lowest BCUT2D eigenvalue weighted by Crippen LogP contribution is -1.98. The second-order valence-electron chi connectivity index (χ2n) is 4.89. The van der Waals surface area contributed by atoms with Crippen molar-refractivity contribution in [3.63, 3.8) is 0 Å². The van der Waals surface area contributed by atoms with Gasteiger partial charge in [0.1, 0.15) is 11.3 Å². The number of anilines is 1. The molecule has 0 saturated carbocycles. The van der Waals surface area contributed by atoms with Crippen molar-refractivity contribution in [1.29, 1.82) is 0 Å². The Labute approximate surface area is 125 Å². The van der Waals surface area contributed by atoms with Crippen molar-refractivity contribution in [3.8, 4) is 0 Å². The minimum absolute atomic E-state index is 0.318. The number of H-pyrrole nitrogens is 1. The highest BCUT2D eigenvalue weighted by Crippen LogP contribution is 2.23. The monoisotopic (exact) mass is 292 g/mol. The number of nitrogens with one attached hydrogen (secondary N) is 2. The van der Waals surface area contributed by atoms with Crippen LogP contribution in [-0.4, -0.2) is 26.4 Å².